The molecule has 2 aromatic rings. The number of benzene rings is 2. The van der Waals surface area contributed by atoms with Crippen LogP contribution in [0.1, 0.15) is 37.3 Å². The first-order valence-corrected chi connectivity index (χ1v) is 14.6. The molecule has 0 radical (unpaired) electrons. The molecule has 1 unspecified atom stereocenters. The van der Waals surface area contributed by atoms with Gasteiger partial charge in [0.05, 0.1) is 18.4 Å². The van der Waals surface area contributed by atoms with E-state index in [2.05, 4.69) is 16.0 Å². The van der Waals surface area contributed by atoms with Gasteiger partial charge in [0.15, 0.2) is 11.5 Å². The standard InChI is InChI=1S/C33H36N4O7/c1-20(2)15-26(31(39)34-18-25(32(40)41)23-9-12-28-29(17-23)44-19-43-28)36-30(38)16-21-7-10-24(11-8-21)35-33(42)37-14-13-22-5-3-4-6-27(22)37/h3-13,17,20,25-27H,14-16,18-19H2,1-2H3,(H,34,39)(H,35,42)(H,36,38)(H,40,41)/t25?,26-,27-/m0/s1. The Hall–Kier alpha value is -5.06. The Balaban J connectivity index is 1.14. The zero-order chi connectivity index (χ0) is 31.2. The normalized spacial score (nSPS) is 17.5. The zero-order valence-corrected chi connectivity index (χ0v) is 24.6. The van der Waals surface area contributed by atoms with Gasteiger partial charge >= 0.3 is 12.0 Å². The van der Waals surface area contributed by atoms with Crippen molar-refractivity contribution in [2.75, 3.05) is 25.2 Å². The van der Waals surface area contributed by atoms with Gasteiger partial charge in [-0.1, -0.05) is 62.4 Å². The SMILES string of the molecule is CC(C)C[C@H](NC(=O)Cc1ccc(NC(=O)N2CC=C3C=CC=C[C@@H]32)cc1)C(=O)NCC(C(=O)O)c1ccc2c(c1)OCO2. The summed E-state index contributed by atoms with van der Waals surface area (Å²) in [6.45, 7) is 4.31. The van der Waals surface area contributed by atoms with E-state index in [0.29, 0.717) is 41.3 Å². The molecular weight excluding hydrogens is 564 g/mol. The molecule has 0 fully saturated rings. The highest BCUT2D eigenvalue weighted by Gasteiger charge is 2.29. The number of carboxylic acid groups (broad SMARTS) is 1. The molecule has 2 aliphatic heterocycles. The molecule has 0 bridgehead atoms. The first-order valence-electron chi connectivity index (χ1n) is 14.6. The number of carboxylic acids is 1. The Morgan fingerprint density at radius 1 is 1.02 bits per heavy atom. The highest BCUT2D eigenvalue weighted by atomic mass is 16.7. The third-order valence-corrected chi connectivity index (χ3v) is 7.66. The molecule has 2 heterocycles. The zero-order valence-electron chi connectivity index (χ0n) is 24.6. The fourth-order valence-electron chi connectivity index (χ4n) is 5.38. The van der Waals surface area contributed by atoms with Crippen molar-refractivity contribution < 1.29 is 33.8 Å². The van der Waals surface area contributed by atoms with Crippen molar-refractivity contribution in [2.45, 2.75) is 44.7 Å². The van der Waals surface area contributed by atoms with Crippen molar-refractivity contribution >= 4 is 29.5 Å². The largest absolute Gasteiger partial charge is 0.481 e. The summed E-state index contributed by atoms with van der Waals surface area (Å²) in [4.78, 5) is 52.7. The van der Waals surface area contributed by atoms with Crippen molar-refractivity contribution in [3.63, 3.8) is 0 Å². The van der Waals surface area contributed by atoms with Gasteiger partial charge in [-0.2, -0.15) is 0 Å². The minimum absolute atomic E-state index is 0.0314. The van der Waals surface area contributed by atoms with E-state index in [4.69, 9.17) is 9.47 Å². The molecule has 5 rings (SSSR count). The van der Waals surface area contributed by atoms with Gasteiger partial charge < -0.3 is 35.4 Å². The topological polar surface area (TPSA) is 146 Å². The molecule has 4 N–H and O–H groups in total. The van der Waals surface area contributed by atoms with Crippen LogP contribution in [0.15, 0.2) is 78.4 Å². The van der Waals surface area contributed by atoms with Crippen LogP contribution in [0.5, 0.6) is 11.5 Å². The van der Waals surface area contributed by atoms with E-state index in [1.54, 1.807) is 47.4 Å². The molecular formula is C33H36N4O7. The van der Waals surface area contributed by atoms with Crippen LogP contribution in [-0.2, 0) is 20.8 Å². The maximum absolute atomic E-state index is 13.1. The molecule has 2 aromatic carbocycles. The lowest BCUT2D eigenvalue weighted by Gasteiger charge is -2.25. The second-order valence-electron chi connectivity index (χ2n) is 11.3. The van der Waals surface area contributed by atoms with Crippen LogP contribution >= 0.6 is 0 Å². The van der Waals surface area contributed by atoms with Gasteiger partial charge in [0.25, 0.3) is 0 Å². The Labute approximate surface area is 255 Å². The van der Waals surface area contributed by atoms with Crippen LogP contribution in [0.3, 0.4) is 0 Å². The predicted molar refractivity (Wildman–Crippen MR) is 163 cm³/mol. The molecule has 3 aliphatic rings. The van der Waals surface area contributed by atoms with Gasteiger partial charge in [0, 0.05) is 18.8 Å². The molecule has 0 aromatic heterocycles. The molecule has 0 saturated heterocycles. The number of rotatable bonds is 11. The maximum Gasteiger partial charge on any atom is 0.322 e. The molecule has 44 heavy (non-hydrogen) atoms. The monoisotopic (exact) mass is 600 g/mol. The predicted octanol–water partition coefficient (Wildman–Crippen LogP) is 3.74. The highest BCUT2D eigenvalue weighted by Crippen LogP contribution is 2.34. The summed E-state index contributed by atoms with van der Waals surface area (Å²) in [6, 6.07) is 10.7. The maximum atomic E-state index is 13.1. The number of hydrogen-bond acceptors (Lipinski definition) is 6. The minimum Gasteiger partial charge on any atom is -0.481 e. The second-order valence-corrected chi connectivity index (χ2v) is 11.3. The van der Waals surface area contributed by atoms with E-state index in [9.17, 15) is 24.3 Å². The lowest BCUT2D eigenvalue weighted by atomic mass is 9.98. The Morgan fingerprint density at radius 3 is 2.55 bits per heavy atom. The number of nitrogens with zero attached hydrogens (tertiary/aromatic N) is 1. The van der Waals surface area contributed by atoms with Crippen LogP contribution < -0.4 is 25.4 Å². The summed E-state index contributed by atoms with van der Waals surface area (Å²) in [6.07, 6.45) is 10.3. The van der Waals surface area contributed by atoms with Gasteiger partial charge in [-0.15, -0.1) is 0 Å². The van der Waals surface area contributed by atoms with Gasteiger partial charge in [-0.25, -0.2) is 4.79 Å². The van der Waals surface area contributed by atoms with Gasteiger partial charge in [-0.3, -0.25) is 14.4 Å². The van der Waals surface area contributed by atoms with E-state index in [1.807, 2.05) is 44.2 Å². The van der Waals surface area contributed by atoms with E-state index in [-0.39, 0.29) is 43.7 Å². The number of aliphatic carboxylic acids is 1. The van der Waals surface area contributed by atoms with Crippen molar-refractivity contribution in [1.82, 2.24) is 15.5 Å². The smallest absolute Gasteiger partial charge is 0.322 e. The number of carbonyl (C=O) groups excluding carboxylic acids is 3. The average molecular weight is 601 g/mol. The first-order chi connectivity index (χ1) is 21.2. The fraction of sp³-hybridized carbons (Fsp3) is 0.333. The lowest BCUT2D eigenvalue weighted by molar-refractivity contribution is -0.139. The number of nitrogens with one attached hydrogen (secondary N) is 3. The molecule has 0 saturated carbocycles. The summed E-state index contributed by atoms with van der Waals surface area (Å²) < 4.78 is 10.6. The van der Waals surface area contributed by atoms with Crippen LogP contribution in [-0.4, -0.2) is 65.8 Å². The Bertz CT molecular complexity index is 1510. The number of anilines is 1. The summed E-state index contributed by atoms with van der Waals surface area (Å²) in [5.41, 5.74) is 2.88. The molecule has 11 heteroatoms. The minimum atomic E-state index is -1.10. The van der Waals surface area contributed by atoms with E-state index in [1.165, 1.54) is 0 Å². The van der Waals surface area contributed by atoms with Crippen molar-refractivity contribution in [2.24, 2.45) is 5.92 Å². The molecule has 1 aliphatic carbocycles. The number of carbonyl (C=O) groups is 4. The van der Waals surface area contributed by atoms with Crippen molar-refractivity contribution in [1.29, 1.82) is 0 Å². The Morgan fingerprint density at radius 2 is 1.80 bits per heavy atom. The number of ether oxygens (including phenoxy) is 2. The van der Waals surface area contributed by atoms with Gasteiger partial charge in [0.2, 0.25) is 18.6 Å². The number of allylic oxidation sites excluding steroid dienone is 2. The summed E-state index contributed by atoms with van der Waals surface area (Å²) in [7, 11) is 0. The Kier molecular flexibility index (Phi) is 9.32. The van der Waals surface area contributed by atoms with E-state index < -0.39 is 23.8 Å². The van der Waals surface area contributed by atoms with Gasteiger partial charge in [-0.05, 0) is 53.3 Å². The first kappa shape index (κ1) is 30.4. The number of urea groups is 1. The summed E-state index contributed by atoms with van der Waals surface area (Å²) in [5, 5.41) is 18.2. The van der Waals surface area contributed by atoms with Gasteiger partial charge in [0.1, 0.15) is 6.04 Å². The van der Waals surface area contributed by atoms with Crippen LogP contribution in [0.4, 0.5) is 10.5 Å². The average Bonchev–Trinajstić information content (AvgIpc) is 3.64. The fourth-order valence-corrected chi connectivity index (χ4v) is 5.38. The molecule has 3 atom stereocenters. The lowest BCUT2D eigenvalue weighted by Crippen LogP contribution is -2.49. The number of amides is 4. The summed E-state index contributed by atoms with van der Waals surface area (Å²) >= 11 is 0. The van der Waals surface area contributed by atoms with Crippen LogP contribution in [0.2, 0.25) is 0 Å². The van der Waals surface area contributed by atoms with Crippen LogP contribution in [0, 0.1) is 5.92 Å². The molecule has 4 amide bonds. The van der Waals surface area contributed by atoms with Crippen molar-refractivity contribution in [3.8, 4) is 11.5 Å². The molecule has 0 spiro atoms. The van der Waals surface area contributed by atoms with E-state index in [0.717, 1.165) is 5.57 Å². The number of hydrogen-bond donors (Lipinski definition) is 4. The number of fused-ring (bicyclic) bond motifs is 2. The third kappa shape index (κ3) is 7.28. The highest BCUT2D eigenvalue weighted by molar-refractivity contribution is 5.91. The molecule has 11 nitrogen and oxygen atoms in total. The second kappa shape index (κ2) is 13.5. The third-order valence-electron chi connectivity index (χ3n) is 7.66. The van der Waals surface area contributed by atoms with Crippen molar-refractivity contribution in [3.05, 3.63) is 89.5 Å². The van der Waals surface area contributed by atoms with Crippen LogP contribution in [0.25, 0.3) is 0 Å². The summed E-state index contributed by atoms with van der Waals surface area (Å²) in [5.74, 6) is -1.83. The quantitative estimate of drug-likeness (QED) is 0.307. The van der Waals surface area contributed by atoms with E-state index >= 15 is 0 Å². The molecule has 230 valence electrons.